The molecule has 0 unspecified atom stereocenters. The molecule has 16 heavy (non-hydrogen) atoms. The highest BCUT2D eigenvalue weighted by Crippen LogP contribution is 2.17. The summed E-state index contributed by atoms with van der Waals surface area (Å²) in [5, 5.41) is 4.77. The summed E-state index contributed by atoms with van der Waals surface area (Å²) in [6.07, 6.45) is 4.33. The van der Waals surface area contributed by atoms with Crippen LogP contribution in [0.5, 0.6) is 0 Å². The normalized spacial score (nSPS) is 12.7. The smallest absolute Gasteiger partial charge is 0.0790 e. The Morgan fingerprint density at radius 2 is 2.06 bits per heavy atom. The van der Waals surface area contributed by atoms with Gasteiger partial charge in [0.2, 0.25) is 0 Å². The molecule has 2 N–H and O–H groups in total. The first kappa shape index (κ1) is 11.2. The highest BCUT2D eigenvalue weighted by Gasteiger charge is 2.04. The van der Waals surface area contributed by atoms with Crippen molar-refractivity contribution < 1.29 is 0 Å². The molecule has 1 atom stereocenters. The molecule has 0 spiro atoms. The van der Waals surface area contributed by atoms with Gasteiger partial charge in [-0.25, -0.2) is 4.68 Å². The van der Waals surface area contributed by atoms with Gasteiger partial charge >= 0.3 is 0 Å². The van der Waals surface area contributed by atoms with Crippen molar-refractivity contribution in [3.63, 3.8) is 0 Å². The molecule has 1 heterocycles. The van der Waals surface area contributed by atoms with Crippen molar-refractivity contribution in [2.24, 2.45) is 5.73 Å². The Morgan fingerprint density at radius 3 is 2.56 bits per heavy atom. The summed E-state index contributed by atoms with van der Waals surface area (Å²) in [5.74, 6) is 0. The molecule has 4 heteroatoms. The fourth-order valence-corrected chi connectivity index (χ4v) is 1.69. The Labute approximate surface area is 99.8 Å². The highest BCUT2D eigenvalue weighted by atomic mass is 35.5. The number of nitrogens with two attached hydrogens (primary N) is 1. The zero-order chi connectivity index (χ0) is 11.5. The third kappa shape index (κ3) is 2.26. The first-order valence-electron chi connectivity index (χ1n) is 5.27. The van der Waals surface area contributed by atoms with Crippen LogP contribution < -0.4 is 5.73 Å². The lowest BCUT2D eigenvalue weighted by molar-refractivity contribution is 0.698. The van der Waals surface area contributed by atoms with Gasteiger partial charge in [0.25, 0.3) is 0 Å². The van der Waals surface area contributed by atoms with E-state index in [9.17, 15) is 0 Å². The van der Waals surface area contributed by atoms with Gasteiger partial charge in [0.05, 0.1) is 16.9 Å². The van der Waals surface area contributed by atoms with Gasteiger partial charge in [0.1, 0.15) is 0 Å². The molecule has 0 saturated carbocycles. The van der Waals surface area contributed by atoms with E-state index in [-0.39, 0.29) is 6.04 Å². The van der Waals surface area contributed by atoms with Crippen molar-refractivity contribution in [1.82, 2.24) is 9.78 Å². The molecule has 0 aliphatic carbocycles. The van der Waals surface area contributed by atoms with Crippen LogP contribution in [0.1, 0.15) is 24.9 Å². The van der Waals surface area contributed by atoms with Crippen LogP contribution in [-0.4, -0.2) is 9.78 Å². The lowest BCUT2D eigenvalue weighted by Gasteiger charge is -2.09. The zero-order valence-electron chi connectivity index (χ0n) is 9.10. The minimum atomic E-state index is 0.107. The minimum absolute atomic E-state index is 0.107. The molecule has 2 aromatic rings. The number of rotatable bonds is 3. The van der Waals surface area contributed by atoms with Crippen LogP contribution in [0.3, 0.4) is 0 Å². The van der Waals surface area contributed by atoms with Crippen molar-refractivity contribution in [3.05, 3.63) is 47.2 Å². The maximum atomic E-state index is 5.94. The average Bonchev–Trinajstić information content (AvgIpc) is 2.75. The Morgan fingerprint density at radius 1 is 1.38 bits per heavy atom. The molecule has 0 fully saturated rings. The minimum Gasteiger partial charge on any atom is -0.324 e. The van der Waals surface area contributed by atoms with E-state index in [0.29, 0.717) is 5.02 Å². The van der Waals surface area contributed by atoms with Crippen molar-refractivity contribution in [3.8, 4) is 5.69 Å². The third-order valence-electron chi connectivity index (χ3n) is 2.58. The monoisotopic (exact) mass is 235 g/mol. The van der Waals surface area contributed by atoms with Crippen LogP contribution in [0.15, 0.2) is 36.7 Å². The second-order valence-electron chi connectivity index (χ2n) is 3.71. The third-order valence-corrected chi connectivity index (χ3v) is 2.77. The maximum absolute atomic E-state index is 5.94. The van der Waals surface area contributed by atoms with Gasteiger partial charge in [-0.2, -0.15) is 5.10 Å². The summed E-state index contributed by atoms with van der Waals surface area (Å²) < 4.78 is 1.74. The van der Waals surface area contributed by atoms with E-state index in [1.165, 1.54) is 0 Å². The predicted octanol–water partition coefficient (Wildman–Crippen LogP) is 2.94. The topological polar surface area (TPSA) is 43.8 Å². The fourth-order valence-electron chi connectivity index (χ4n) is 1.55. The van der Waals surface area contributed by atoms with E-state index < -0.39 is 0 Å². The van der Waals surface area contributed by atoms with Gasteiger partial charge in [-0.1, -0.05) is 30.7 Å². The standard InChI is InChI=1S/C12H14ClN3/c1-2-12(14)9-3-5-11(6-4-9)16-8-10(13)7-15-16/h3-8,12H,2,14H2,1H3/t12-/m0/s1. The molecule has 84 valence electrons. The highest BCUT2D eigenvalue weighted by molar-refractivity contribution is 6.30. The second-order valence-corrected chi connectivity index (χ2v) is 4.15. The number of hydrogen-bond donors (Lipinski definition) is 1. The summed E-state index contributed by atoms with van der Waals surface area (Å²) in [4.78, 5) is 0. The van der Waals surface area contributed by atoms with E-state index >= 15 is 0 Å². The van der Waals surface area contributed by atoms with Crippen molar-refractivity contribution >= 4 is 11.6 Å². The molecule has 0 amide bonds. The van der Waals surface area contributed by atoms with E-state index in [4.69, 9.17) is 17.3 Å². The molecule has 0 bridgehead atoms. The number of hydrogen-bond acceptors (Lipinski definition) is 2. The number of halogens is 1. The van der Waals surface area contributed by atoms with Gasteiger partial charge < -0.3 is 5.73 Å². The number of nitrogens with zero attached hydrogens (tertiary/aromatic N) is 2. The van der Waals surface area contributed by atoms with Crippen molar-refractivity contribution in [1.29, 1.82) is 0 Å². The molecule has 2 rings (SSSR count). The van der Waals surface area contributed by atoms with Gasteiger partial charge in [0, 0.05) is 12.2 Å². The first-order valence-corrected chi connectivity index (χ1v) is 5.64. The molecule has 1 aromatic carbocycles. The Bertz CT molecular complexity index is 461. The molecule has 0 saturated heterocycles. The van der Waals surface area contributed by atoms with Crippen LogP contribution >= 0.6 is 11.6 Å². The van der Waals surface area contributed by atoms with Crippen molar-refractivity contribution in [2.75, 3.05) is 0 Å². The SMILES string of the molecule is CC[C@H](N)c1ccc(-n2cc(Cl)cn2)cc1. The summed E-state index contributed by atoms with van der Waals surface area (Å²) in [5.41, 5.74) is 8.07. The quantitative estimate of drug-likeness (QED) is 0.889. The van der Waals surface area contributed by atoms with Gasteiger partial charge in [-0.15, -0.1) is 0 Å². The van der Waals surface area contributed by atoms with Crippen LogP contribution in [0, 0.1) is 0 Å². The lowest BCUT2D eigenvalue weighted by Crippen LogP contribution is -2.08. The van der Waals surface area contributed by atoms with Gasteiger partial charge in [-0.3, -0.25) is 0 Å². The van der Waals surface area contributed by atoms with Crippen LogP contribution in [0.2, 0.25) is 5.02 Å². The Kier molecular flexibility index (Phi) is 3.27. The van der Waals surface area contributed by atoms with Gasteiger partial charge in [-0.05, 0) is 24.1 Å². The van der Waals surface area contributed by atoms with Crippen LogP contribution in [-0.2, 0) is 0 Å². The summed E-state index contributed by atoms with van der Waals surface area (Å²) in [7, 11) is 0. The summed E-state index contributed by atoms with van der Waals surface area (Å²) in [6.45, 7) is 2.08. The molecule has 0 aliphatic heterocycles. The van der Waals surface area contributed by atoms with Gasteiger partial charge in [0.15, 0.2) is 0 Å². The molecule has 0 aliphatic rings. The average molecular weight is 236 g/mol. The molecule has 1 aromatic heterocycles. The maximum Gasteiger partial charge on any atom is 0.0790 e. The largest absolute Gasteiger partial charge is 0.324 e. The molecular formula is C12H14ClN3. The molecule has 3 nitrogen and oxygen atoms in total. The van der Waals surface area contributed by atoms with E-state index in [2.05, 4.69) is 12.0 Å². The molecule has 0 radical (unpaired) electrons. The van der Waals surface area contributed by atoms with E-state index in [1.807, 2.05) is 24.3 Å². The van der Waals surface area contributed by atoms with Crippen LogP contribution in [0.25, 0.3) is 5.69 Å². The lowest BCUT2D eigenvalue weighted by atomic mass is 10.1. The molecular weight excluding hydrogens is 222 g/mol. The number of aromatic nitrogens is 2. The van der Waals surface area contributed by atoms with E-state index in [0.717, 1.165) is 17.7 Å². The zero-order valence-corrected chi connectivity index (χ0v) is 9.85. The summed E-state index contributed by atoms with van der Waals surface area (Å²) >= 11 is 5.81. The van der Waals surface area contributed by atoms with Crippen molar-refractivity contribution in [2.45, 2.75) is 19.4 Å². The predicted molar refractivity (Wildman–Crippen MR) is 65.8 cm³/mol. The van der Waals surface area contributed by atoms with E-state index in [1.54, 1.807) is 17.1 Å². The summed E-state index contributed by atoms with van der Waals surface area (Å²) in [6, 6.07) is 8.15. The first-order chi connectivity index (χ1) is 7.70. The van der Waals surface area contributed by atoms with Crippen LogP contribution in [0.4, 0.5) is 0 Å². The number of benzene rings is 1. The fraction of sp³-hybridized carbons (Fsp3) is 0.250. The Hall–Kier alpha value is -1.32. The second kappa shape index (κ2) is 4.68. The Balaban J connectivity index is 2.25.